The van der Waals surface area contributed by atoms with Gasteiger partial charge < -0.3 is 10.0 Å². The van der Waals surface area contributed by atoms with Crippen molar-refractivity contribution in [2.24, 2.45) is 0 Å². The molecule has 0 amide bonds. The Labute approximate surface area is 154 Å². The maximum Gasteiger partial charge on any atom is 0.186 e. The van der Waals surface area contributed by atoms with Crippen LogP contribution in [0.4, 0.5) is 10.2 Å². The minimum absolute atomic E-state index is 0.262. The number of aliphatic hydroxyl groups excluding tert-OH is 1. The minimum Gasteiger partial charge on any atom is -0.393 e. The number of fused-ring (bicyclic) bond motifs is 3. The van der Waals surface area contributed by atoms with E-state index >= 15 is 0 Å². The SMILES string of the molecule is OC1CCN(c2nc3c(-c4ccccc4F)nnn3c3ccccc23)CC1. The second-order valence-corrected chi connectivity index (χ2v) is 6.82. The van der Waals surface area contributed by atoms with Crippen LogP contribution in [0.2, 0.25) is 0 Å². The molecule has 7 heteroatoms. The van der Waals surface area contributed by atoms with E-state index in [1.165, 1.54) is 6.07 Å². The van der Waals surface area contributed by atoms with Crippen LogP contribution in [0.1, 0.15) is 12.8 Å². The second-order valence-electron chi connectivity index (χ2n) is 6.82. The first-order valence-electron chi connectivity index (χ1n) is 9.04. The summed E-state index contributed by atoms with van der Waals surface area (Å²) in [6.45, 7) is 1.45. The summed E-state index contributed by atoms with van der Waals surface area (Å²) in [6, 6.07) is 14.4. The molecule has 27 heavy (non-hydrogen) atoms. The van der Waals surface area contributed by atoms with Gasteiger partial charge in [0, 0.05) is 24.0 Å². The molecule has 1 saturated heterocycles. The molecule has 0 unspecified atom stereocenters. The van der Waals surface area contributed by atoms with Gasteiger partial charge in [0.15, 0.2) is 5.65 Å². The Morgan fingerprint density at radius 3 is 2.56 bits per heavy atom. The highest BCUT2D eigenvalue weighted by Gasteiger charge is 2.23. The van der Waals surface area contributed by atoms with Gasteiger partial charge in [-0.2, -0.15) is 4.52 Å². The van der Waals surface area contributed by atoms with Crippen molar-refractivity contribution in [3.05, 3.63) is 54.3 Å². The summed E-state index contributed by atoms with van der Waals surface area (Å²) in [5.74, 6) is 0.474. The number of anilines is 1. The zero-order valence-electron chi connectivity index (χ0n) is 14.6. The average Bonchev–Trinajstić information content (AvgIpc) is 3.12. The monoisotopic (exact) mass is 363 g/mol. The van der Waals surface area contributed by atoms with Crippen LogP contribution in [-0.2, 0) is 0 Å². The van der Waals surface area contributed by atoms with E-state index in [1.807, 2.05) is 24.3 Å². The number of aliphatic hydroxyl groups is 1. The van der Waals surface area contributed by atoms with Gasteiger partial charge in [0.05, 0.1) is 11.6 Å². The number of nitrogens with zero attached hydrogens (tertiary/aromatic N) is 5. The van der Waals surface area contributed by atoms with E-state index in [2.05, 4.69) is 15.2 Å². The van der Waals surface area contributed by atoms with Crippen molar-refractivity contribution in [3.63, 3.8) is 0 Å². The van der Waals surface area contributed by atoms with Gasteiger partial charge in [-0.05, 0) is 37.1 Å². The quantitative estimate of drug-likeness (QED) is 0.593. The number of rotatable bonds is 2. The molecule has 0 bridgehead atoms. The van der Waals surface area contributed by atoms with Crippen LogP contribution in [0.3, 0.4) is 0 Å². The minimum atomic E-state index is -0.350. The summed E-state index contributed by atoms with van der Waals surface area (Å²) in [6.07, 6.45) is 1.15. The Bertz CT molecular complexity index is 1130. The molecular weight excluding hydrogens is 345 g/mol. The van der Waals surface area contributed by atoms with Gasteiger partial charge in [0.1, 0.15) is 17.3 Å². The van der Waals surface area contributed by atoms with Crippen LogP contribution in [0, 0.1) is 5.82 Å². The van der Waals surface area contributed by atoms with Crippen molar-refractivity contribution < 1.29 is 9.50 Å². The zero-order valence-corrected chi connectivity index (χ0v) is 14.6. The summed E-state index contributed by atoms with van der Waals surface area (Å²) in [4.78, 5) is 7.02. The van der Waals surface area contributed by atoms with Gasteiger partial charge in [-0.25, -0.2) is 9.37 Å². The average molecular weight is 363 g/mol. The fourth-order valence-corrected chi connectivity index (χ4v) is 3.69. The Hall–Kier alpha value is -3.06. The molecule has 3 heterocycles. The van der Waals surface area contributed by atoms with Crippen molar-refractivity contribution in [1.82, 2.24) is 19.8 Å². The molecule has 6 nitrogen and oxygen atoms in total. The molecule has 136 valence electrons. The summed E-state index contributed by atoms with van der Waals surface area (Å²) in [7, 11) is 0. The van der Waals surface area contributed by atoms with E-state index < -0.39 is 0 Å². The highest BCUT2D eigenvalue weighted by Crippen LogP contribution is 2.31. The summed E-state index contributed by atoms with van der Waals surface area (Å²) < 4.78 is 16.0. The van der Waals surface area contributed by atoms with E-state index in [0.29, 0.717) is 29.7 Å². The number of piperidine rings is 1. The van der Waals surface area contributed by atoms with Gasteiger partial charge in [-0.3, -0.25) is 0 Å². The van der Waals surface area contributed by atoms with Crippen LogP contribution in [0.5, 0.6) is 0 Å². The smallest absolute Gasteiger partial charge is 0.186 e. The van der Waals surface area contributed by atoms with Crippen LogP contribution in [-0.4, -0.2) is 44.1 Å². The number of para-hydroxylation sites is 1. The maximum atomic E-state index is 14.3. The number of aromatic nitrogens is 4. The van der Waals surface area contributed by atoms with Crippen molar-refractivity contribution in [3.8, 4) is 11.3 Å². The standard InChI is InChI=1S/C20H18FN5O/c21-16-7-3-1-5-14(16)18-20-22-19(25-11-9-13(27)10-12-25)15-6-2-4-8-17(15)26(20)24-23-18/h1-8,13,27H,9-12H2. The van der Waals surface area contributed by atoms with Crippen molar-refractivity contribution in [1.29, 1.82) is 0 Å². The first-order valence-corrected chi connectivity index (χ1v) is 9.04. The van der Waals surface area contributed by atoms with Crippen LogP contribution >= 0.6 is 0 Å². The van der Waals surface area contributed by atoms with Crippen LogP contribution in [0.25, 0.3) is 27.8 Å². The fraction of sp³-hybridized carbons (Fsp3) is 0.250. The number of hydrogen-bond acceptors (Lipinski definition) is 5. The summed E-state index contributed by atoms with van der Waals surface area (Å²) in [5.41, 5.74) is 2.21. The number of halogens is 1. The van der Waals surface area contributed by atoms with E-state index in [1.54, 1.807) is 22.7 Å². The molecule has 0 saturated carbocycles. The van der Waals surface area contributed by atoms with E-state index in [4.69, 9.17) is 4.98 Å². The summed E-state index contributed by atoms with van der Waals surface area (Å²) in [5, 5.41) is 19.3. The zero-order chi connectivity index (χ0) is 18.4. The molecule has 0 atom stereocenters. The molecule has 1 N–H and O–H groups in total. The van der Waals surface area contributed by atoms with Crippen molar-refractivity contribution in [2.75, 3.05) is 18.0 Å². The lowest BCUT2D eigenvalue weighted by Crippen LogP contribution is -2.36. The molecule has 4 aromatic rings. The third-order valence-corrected chi connectivity index (χ3v) is 5.12. The normalized spacial score (nSPS) is 15.7. The molecule has 0 aliphatic carbocycles. The lowest BCUT2D eigenvalue weighted by Gasteiger charge is -2.31. The molecule has 1 aliphatic heterocycles. The molecule has 0 spiro atoms. The Kier molecular flexibility index (Phi) is 3.75. The Morgan fingerprint density at radius 1 is 1.00 bits per heavy atom. The first kappa shape index (κ1) is 16.1. The molecule has 1 aliphatic rings. The van der Waals surface area contributed by atoms with Gasteiger partial charge >= 0.3 is 0 Å². The van der Waals surface area contributed by atoms with Crippen LogP contribution in [0.15, 0.2) is 48.5 Å². The van der Waals surface area contributed by atoms with Gasteiger partial charge in [-0.15, -0.1) is 5.10 Å². The van der Waals surface area contributed by atoms with Gasteiger partial charge in [0.2, 0.25) is 0 Å². The largest absolute Gasteiger partial charge is 0.393 e. The molecule has 5 rings (SSSR count). The Balaban J connectivity index is 1.76. The summed E-state index contributed by atoms with van der Waals surface area (Å²) >= 11 is 0. The molecule has 2 aromatic carbocycles. The van der Waals surface area contributed by atoms with Crippen molar-refractivity contribution in [2.45, 2.75) is 18.9 Å². The van der Waals surface area contributed by atoms with Crippen LogP contribution < -0.4 is 4.90 Å². The molecule has 0 radical (unpaired) electrons. The predicted molar refractivity (Wildman–Crippen MR) is 101 cm³/mol. The Morgan fingerprint density at radius 2 is 1.74 bits per heavy atom. The topological polar surface area (TPSA) is 66.5 Å². The van der Waals surface area contributed by atoms with Gasteiger partial charge in [-0.1, -0.05) is 29.5 Å². The number of benzene rings is 2. The predicted octanol–water partition coefficient (Wildman–Crippen LogP) is 3.04. The highest BCUT2D eigenvalue weighted by molar-refractivity contribution is 5.93. The number of hydrogen-bond donors (Lipinski definition) is 1. The molecule has 1 fully saturated rings. The lowest BCUT2D eigenvalue weighted by molar-refractivity contribution is 0.145. The molecule has 2 aromatic heterocycles. The third kappa shape index (κ3) is 2.62. The molecular formula is C20H18FN5O. The highest BCUT2D eigenvalue weighted by atomic mass is 19.1. The van der Waals surface area contributed by atoms with E-state index in [-0.39, 0.29) is 11.9 Å². The third-order valence-electron chi connectivity index (χ3n) is 5.12. The van der Waals surface area contributed by atoms with E-state index in [0.717, 1.165) is 29.8 Å². The van der Waals surface area contributed by atoms with E-state index in [9.17, 15) is 9.50 Å². The van der Waals surface area contributed by atoms with Gasteiger partial charge in [0.25, 0.3) is 0 Å². The van der Waals surface area contributed by atoms with Crippen molar-refractivity contribution >= 4 is 22.4 Å². The maximum absolute atomic E-state index is 14.3. The fourth-order valence-electron chi connectivity index (χ4n) is 3.69. The second kappa shape index (κ2) is 6.28. The lowest BCUT2D eigenvalue weighted by atomic mass is 10.1. The first-order chi connectivity index (χ1) is 13.2.